The lowest BCUT2D eigenvalue weighted by Crippen LogP contribution is -2.07. The highest BCUT2D eigenvalue weighted by atomic mass is 35.5. The number of benzene rings is 1. The van der Waals surface area contributed by atoms with Crippen molar-refractivity contribution in [1.29, 1.82) is 0 Å². The van der Waals surface area contributed by atoms with Crippen LogP contribution in [0, 0.1) is 0 Å². The van der Waals surface area contributed by atoms with Gasteiger partial charge in [-0.3, -0.25) is 4.98 Å². The molecule has 1 aromatic heterocycles. The van der Waals surface area contributed by atoms with Crippen molar-refractivity contribution < 1.29 is 19.3 Å². The van der Waals surface area contributed by atoms with Gasteiger partial charge in [-0.05, 0) is 17.7 Å². The lowest BCUT2D eigenvalue weighted by molar-refractivity contribution is 0.207. The van der Waals surface area contributed by atoms with E-state index >= 15 is 0 Å². The molecule has 6 nitrogen and oxygen atoms in total. The third kappa shape index (κ3) is 3.01. The van der Waals surface area contributed by atoms with Crippen molar-refractivity contribution in [2.75, 3.05) is 21.3 Å². The summed E-state index contributed by atoms with van der Waals surface area (Å²) in [5, 5.41) is 10.8. The maximum Gasteiger partial charge on any atom is 0.238 e. The second kappa shape index (κ2) is 6.60. The van der Waals surface area contributed by atoms with Crippen LogP contribution in [0.4, 0.5) is 0 Å². The van der Waals surface area contributed by atoms with Gasteiger partial charge in [0.25, 0.3) is 0 Å². The van der Waals surface area contributed by atoms with E-state index in [4.69, 9.17) is 25.8 Å². The summed E-state index contributed by atoms with van der Waals surface area (Å²) in [4.78, 5) is 8.11. The third-order valence-corrected chi connectivity index (χ3v) is 3.20. The van der Waals surface area contributed by atoms with Crippen LogP contribution in [0.2, 0.25) is 5.02 Å². The number of aliphatic hydroxyl groups is 1. The molecule has 1 unspecified atom stereocenters. The number of aromatic nitrogens is 2. The minimum atomic E-state index is -1.05. The van der Waals surface area contributed by atoms with Gasteiger partial charge in [-0.25, -0.2) is 4.98 Å². The quantitative estimate of drug-likeness (QED) is 0.913. The summed E-state index contributed by atoms with van der Waals surface area (Å²) in [6.45, 7) is 0. The second-order valence-electron chi connectivity index (χ2n) is 4.09. The first-order valence-corrected chi connectivity index (χ1v) is 6.44. The zero-order valence-corrected chi connectivity index (χ0v) is 12.6. The van der Waals surface area contributed by atoms with Crippen LogP contribution in [-0.4, -0.2) is 36.4 Å². The molecule has 21 heavy (non-hydrogen) atoms. The van der Waals surface area contributed by atoms with E-state index in [2.05, 4.69) is 9.97 Å². The van der Waals surface area contributed by atoms with Gasteiger partial charge in [-0.2, -0.15) is 0 Å². The highest BCUT2D eigenvalue weighted by Crippen LogP contribution is 2.39. The average Bonchev–Trinajstić information content (AvgIpc) is 2.53. The van der Waals surface area contributed by atoms with E-state index in [1.807, 2.05) is 0 Å². The van der Waals surface area contributed by atoms with E-state index in [9.17, 15) is 5.11 Å². The fraction of sp³-hybridized carbons (Fsp3) is 0.286. The van der Waals surface area contributed by atoms with Crippen molar-refractivity contribution in [2.45, 2.75) is 6.10 Å². The Bertz CT molecular complexity index is 636. The van der Waals surface area contributed by atoms with Crippen molar-refractivity contribution >= 4 is 11.6 Å². The molecular weight excluding hydrogens is 296 g/mol. The molecule has 1 N–H and O–H groups in total. The van der Waals surface area contributed by atoms with E-state index < -0.39 is 6.10 Å². The molecular formula is C14H15ClN2O4. The summed E-state index contributed by atoms with van der Waals surface area (Å²) in [6, 6.07) is 3.21. The molecule has 7 heteroatoms. The van der Waals surface area contributed by atoms with Gasteiger partial charge in [0.2, 0.25) is 5.88 Å². The number of hydrogen-bond donors (Lipinski definition) is 1. The fourth-order valence-corrected chi connectivity index (χ4v) is 2.23. The first kappa shape index (κ1) is 15.3. The number of nitrogens with zero attached hydrogens (tertiary/aromatic N) is 2. The topological polar surface area (TPSA) is 73.7 Å². The number of hydrogen-bond acceptors (Lipinski definition) is 6. The average molecular weight is 311 g/mol. The number of halogens is 1. The Morgan fingerprint density at radius 3 is 2.38 bits per heavy atom. The molecule has 0 aliphatic rings. The van der Waals surface area contributed by atoms with Crippen LogP contribution in [-0.2, 0) is 0 Å². The van der Waals surface area contributed by atoms with Crippen LogP contribution in [0.1, 0.15) is 17.4 Å². The monoisotopic (exact) mass is 310 g/mol. The highest BCUT2D eigenvalue weighted by Gasteiger charge is 2.21. The van der Waals surface area contributed by atoms with Crippen LogP contribution in [0.3, 0.4) is 0 Å². The molecule has 112 valence electrons. The SMILES string of the molecule is COc1cc(C(O)c2nccnc2OC)cc(Cl)c1OC. The number of aliphatic hydroxyl groups excluding tert-OH is 1. The predicted octanol–water partition coefficient (Wildman–Crippen LogP) is 2.24. The predicted molar refractivity (Wildman–Crippen MR) is 77.2 cm³/mol. The largest absolute Gasteiger partial charge is 0.493 e. The zero-order valence-electron chi connectivity index (χ0n) is 11.8. The summed E-state index contributed by atoms with van der Waals surface area (Å²) in [6.07, 6.45) is 1.91. The van der Waals surface area contributed by atoms with Crippen molar-refractivity contribution in [3.8, 4) is 17.4 Å². The number of methoxy groups -OCH3 is 3. The Morgan fingerprint density at radius 1 is 1.05 bits per heavy atom. The molecule has 0 spiro atoms. The van der Waals surface area contributed by atoms with Crippen molar-refractivity contribution in [2.24, 2.45) is 0 Å². The summed E-state index contributed by atoms with van der Waals surface area (Å²) >= 11 is 6.14. The first-order valence-electron chi connectivity index (χ1n) is 6.06. The molecule has 2 rings (SSSR count). The second-order valence-corrected chi connectivity index (χ2v) is 4.50. The molecule has 0 bridgehead atoms. The van der Waals surface area contributed by atoms with Gasteiger partial charge in [0.1, 0.15) is 11.8 Å². The van der Waals surface area contributed by atoms with Gasteiger partial charge in [0.15, 0.2) is 11.5 Å². The lowest BCUT2D eigenvalue weighted by atomic mass is 10.1. The smallest absolute Gasteiger partial charge is 0.238 e. The molecule has 1 atom stereocenters. The Hall–Kier alpha value is -2.05. The fourth-order valence-electron chi connectivity index (χ4n) is 1.93. The Morgan fingerprint density at radius 2 is 1.76 bits per heavy atom. The molecule has 0 amide bonds. The molecule has 1 heterocycles. The van der Waals surface area contributed by atoms with Gasteiger partial charge in [-0.1, -0.05) is 11.6 Å². The Labute approximate surface area is 127 Å². The first-order chi connectivity index (χ1) is 10.1. The molecule has 1 aromatic carbocycles. The molecule has 0 saturated heterocycles. The van der Waals surface area contributed by atoms with Crippen LogP contribution >= 0.6 is 11.6 Å². The van der Waals surface area contributed by atoms with Crippen LogP contribution in [0.25, 0.3) is 0 Å². The van der Waals surface area contributed by atoms with Gasteiger partial charge in [-0.15, -0.1) is 0 Å². The minimum Gasteiger partial charge on any atom is -0.493 e. The molecule has 0 aliphatic carbocycles. The maximum atomic E-state index is 10.5. The third-order valence-electron chi connectivity index (χ3n) is 2.92. The van der Waals surface area contributed by atoms with Gasteiger partial charge < -0.3 is 19.3 Å². The lowest BCUT2D eigenvalue weighted by Gasteiger charge is -2.16. The van der Waals surface area contributed by atoms with E-state index in [0.29, 0.717) is 27.8 Å². The van der Waals surface area contributed by atoms with E-state index in [-0.39, 0.29) is 5.88 Å². The summed E-state index contributed by atoms with van der Waals surface area (Å²) in [5.41, 5.74) is 0.791. The normalized spacial score (nSPS) is 11.9. The van der Waals surface area contributed by atoms with Gasteiger partial charge in [0.05, 0.1) is 26.4 Å². The Balaban J connectivity index is 2.48. The standard InChI is InChI=1S/C14H15ClN2O4/c1-19-10-7-8(6-9(15)13(10)20-2)12(18)11-14(21-3)17-5-4-16-11/h4-7,12,18H,1-3H3. The van der Waals surface area contributed by atoms with Crippen LogP contribution in [0.5, 0.6) is 17.4 Å². The number of rotatable bonds is 5. The van der Waals surface area contributed by atoms with Crippen LogP contribution < -0.4 is 14.2 Å². The van der Waals surface area contributed by atoms with Crippen LogP contribution in [0.15, 0.2) is 24.5 Å². The number of ether oxygens (including phenoxy) is 3. The molecule has 0 saturated carbocycles. The van der Waals surface area contributed by atoms with Gasteiger partial charge in [0, 0.05) is 12.4 Å². The molecule has 0 fully saturated rings. The highest BCUT2D eigenvalue weighted by molar-refractivity contribution is 6.32. The Kier molecular flexibility index (Phi) is 4.82. The van der Waals surface area contributed by atoms with E-state index in [0.717, 1.165) is 0 Å². The molecule has 0 aliphatic heterocycles. The minimum absolute atomic E-state index is 0.246. The molecule has 0 radical (unpaired) electrons. The zero-order chi connectivity index (χ0) is 15.4. The molecule has 2 aromatic rings. The summed E-state index contributed by atoms with van der Waals surface area (Å²) < 4.78 is 15.5. The van der Waals surface area contributed by atoms with Crippen molar-refractivity contribution in [1.82, 2.24) is 9.97 Å². The maximum absolute atomic E-state index is 10.5. The van der Waals surface area contributed by atoms with Gasteiger partial charge >= 0.3 is 0 Å². The van der Waals surface area contributed by atoms with Crippen molar-refractivity contribution in [3.05, 3.63) is 40.8 Å². The van der Waals surface area contributed by atoms with Crippen molar-refractivity contribution in [3.63, 3.8) is 0 Å². The summed E-state index contributed by atoms with van der Waals surface area (Å²) in [7, 11) is 4.45. The summed E-state index contributed by atoms with van der Waals surface area (Å²) in [5.74, 6) is 1.07. The van der Waals surface area contributed by atoms with E-state index in [1.54, 1.807) is 12.1 Å². The van der Waals surface area contributed by atoms with E-state index in [1.165, 1.54) is 33.7 Å².